The quantitative estimate of drug-likeness (QED) is 0.767. The number of hydrogen-bond donors (Lipinski definition) is 1. The summed E-state index contributed by atoms with van der Waals surface area (Å²) in [6, 6.07) is 0. The van der Waals surface area contributed by atoms with Gasteiger partial charge in [-0.25, -0.2) is 0 Å². The molecule has 1 heterocycles. The summed E-state index contributed by atoms with van der Waals surface area (Å²) in [6.07, 6.45) is 2.61. The SMILES string of the molecule is COCC1(C(=O)OC(C)(C)C)CCCNCC1. The van der Waals surface area contributed by atoms with Crippen LogP contribution in [-0.2, 0) is 14.3 Å². The van der Waals surface area contributed by atoms with E-state index in [4.69, 9.17) is 9.47 Å². The van der Waals surface area contributed by atoms with E-state index in [2.05, 4.69) is 5.32 Å². The van der Waals surface area contributed by atoms with Gasteiger partial charge in [-0.1, -0.05) is 0 Å². The van der Waals surface area contributed by atoms with Gasteiger partial charge < -0.3 is 14.8 Å². The van der Waals surface area contributed by atoms with Crippen molar-refractivity contribution in [1.82, 2.24) is 5.32 Å². The van der Waals surface area contributed by atoms with Gasteiger partial charge in [0.1, 0.15) is 5.60 Å². The molecule has 0 aromatic heterocycles. The average Bonchev–Trinajstić information content (AvgIpc) is 2.42. The number of rotatable bonds is 3. The van der Waals surface area contributed by atoms with Gasteiger partial charge in [-0.05, 0) is 53.1 Å². The van der Waals surface area contributed by atoms with Crippen molar-refractivity contribution in [2.75, 3.05) is 26.8 Å². The second kappa shape index (κ2) is 5.83. The van der Waals surface area contributed by atoms with E-state index in [9.17, 15) is 4.79 Å². The highest BCUT2D eigenvalue weighted by Gasteiger charge is 2.41. The van der Waals surface area contributed by atoms with Crippen molar-refractivity contribution in [2.45, 2.75) is 45.6 Å². The first-order valence-corrected chi connectivity index (χ1v) is 6.33. The van der Waals surface area contributed by atoms with Crippen molar-refractivity contribution in [3.8, 4) is 0 Å². The molecule has 4 nitrogen and oxygen atoms in total. The number of nitrogens with one attached hydrogen (secondary N) is 1. The Hall–Kier alpha value is -0.610. The van der Waals surface area contributed by atoms with Crippen LogP contribution in [0.15, 0.2) is 0 Å². The minimum Gasteiger partial charge on any atom is -0.459 e. The Morgan fingerprint density at radius 1 is 1.29 bits per heavy atom. The average molecular weight is 243 g/mol. The molecule has 0 aliphatic carbocycles. The highest BCUT2D eigenvalue weighted by molar-refractivity contribution is 5.77. The Balaban J connectivity index is 2.78. The van der Waals surface area contributed by atoms with Gasteiger partial charge in [0.2, 0.25) is 0 Å². The van der Waals surface area contributed by atoms with Gasteiger partial charge in [-0.2, -0.15) is 0 Å². The van der Waals surface area contributed by atoms with E-state index in [1.807, 2.05) is 20.8 Å². The van der Waals surface area contributed by atoms with Crippen LogP contribution in [0.4, 0.5) is 0 Å². The molecule has 1 atom stereocenters. The molecule has 0 amide bonds. The molecule has 0 aromatic carbocycles. The second-order valence-corrected chi connectivity index (χ2v) is 5.82. The Labute approximate surface area is 104 Å². The summed E-state index contributed by atoms with van der Waals surface area (Å²) >= 11 is 0. The van der Waals surface area contributed by atoms with Gasteiger partial charge >= 0.3 is 5.97 Å². The minimum atomic E-state index is -0.467. The van der Waals surface area contributed by atoms with Crippen LogP contribution < -0.4 is 5.32 Å². The fourth-order valence-corrected chi connectivity index (χ4v) is 2.20. The lowest BCUT2D eigenvalue weighted by Crippen LogP contribution is -2.41. The molecule has 0 aromatic rings. The van der Waals surface area contributed by atoms with Crippen molar-refractivity contribution in [2.24, 2.45) is 5.41 Å². The third kappa shape index (κ3) is 4.28. The summed E-state index contributed by atoms with van der Waals surface area (Å²) in [5.74, 6) is -0.115. The third-order valence-corrected chi connectivity index (χ3v) is 3.04. The summed E-state index contributed by atoms with van der Waals surface area (Å²) in [5.41, 5.74) is -0.900. The van der Waals surface area contributed by atoms with Crippen molar-refractivity contribution >= 4 is 5.97 Å². The Kier molecular flexibility index (Phi) is 4.95. The first kappa shape index (κ1) is 14.5. The summed E-state index contributed by atoms with van der Waals surface area (Å²) in [4.78, 5) is 12.3. The molecule has 1 rings (SSSR count). The molecule has 0 radical (unpaired) electrons. The highest BCUT2D eigenvalue weighted by Crippen LogP contribution is 2.33. The molecular formula is C13H25NO3. The number of hydrogen-bond acceptors (Lipinski definition) is 4. The van der Waals surface area contributed by atoms with E-state index in [0.29, 0.717) is 6.61 Å². The minimum absolute atomic E-state index is 0.115. The van der Waals surface area contributed by atoms with E-state index in [1.54, 1.807) is 7.11 Å². The van der Waals surface area contributed by atoms with E-state index in [-0.39, 0.29) is 5.97 Å². The number of carbonyl (C=O) groups excluding carboxylic acids is 1. The fourth-order valence-electron chi connectivity index (χ4n) is 2.20. The molecule has 0 saturated carbocycles. The topological polar surface area (TPSA) is 47.6 Å². The number of ether oxygens (including phenoxy) is 2. The van der Waals surface area contributed by atoms with E-state index in [1.165, 1.54) is 0 Å². The normalized spacial score (nSPS) is 26.4. The van der Waals surface area contributed by atoms with Crippen LogP contribution >= 0.6 is 0 Å². The molecule has 1 unspecified atom stereocenters. The third-order valence-electron chi connectivity index (χ3n) is 3.04. The lowest BCUT2D eigenvalue weighted by Gasteiger charge is -2.32. The lowest BCUT2D eigenvalue weighted by molar-refractivity contribution is -0.172. The number of esters is 1. The van der Waals surface area contributed by atoms with Crippen molar-refractivity contribution < 1.29 is 14.3 Å². The predicted molar refractivity (Wildman–Crippen MR) is 66.9 cm³/mol. The number of methoxy groups -OCH3 is 1. The molecule has 1 aliphatic rings. The van der Waals surface area contributed by atoms with Crippen LogP contribution in [0.5, 0.6) is 0 Å². The molecule has 4 heteroatoms. The maximum absolute atomic E-state index is 12.3. The van der Waals surface area contributed by atoms with Crippen molar-refractivity contribution in [3.05, 3.63) is 0 Å². The van der Waals surface area contributed by atoms with Crippen LogP contribution in [0.1, 0.15) is 40.0 Å². The molecule has 1 saturated heterocycles. The fraction of sp³-hybridized carbons (Fsp3) is 0.923. The van der Waals surface area contributed by atoms with E-state index < -0.39 is 11.0 Å². The lowest BCUT2D eigenvalue weighted by atomic mass is 9.81. The Bertz CT molecular complexity index is 250. The van der Waals surface area contributed by atoms with Crippen LogP contribution in [0.25, 0.3) is 0 Å². The van der Waals surface area contributed by atoms with Crippen LogP contribution in [0, 0.1) is 5.41 Å². The van der Waals surface area contributed by atoms with Crippen LogP contribution in [-0.4, -0.2) is 38.4 Å². The highest BCUT2D eigenvalue weighted by atomic mass is 16.6. The van der Waals surface area contributed by atoms with Gasteiger partial charge in [0, 0.05) is 7.11 Å². The summed E-state index contributed by atoms with van der Waals surface area (Å²) in [5, 5.41) is 3.31. The molecule has 1 fully saturated rings. The molecule has 0 bridgehead atoms. The predicted octanol–water partition coefficient (Wildman–Crippen LogP) is 1.73. The zero-order valence-electron chi connectivity index (χ0n) is 11.5. The summed E-state index contributed by atoms with van der Waals surface area (Å²) in [7, 11) is 1.64. The first-order valence-electron chi connectivity index (χ1n) is 6.33. The van der Waals surface area contributed by atoms with Crippen molar-refractivity contribution in [3.63, 3.8) is 0 Å². The molecular weight excluding hydrogens is 218 g/mol. The van der Waals surface area contributed by atoms with E-state index >= 15 is 0 Å². The van der Waals surface area contributed by atoms with Crippen LogP contribution in [0.3, 0.4) is 0 Å². The van der Waals surface area contributed by atoms with Crippen LogP contribution in [0.2, 0.25) is 0 Å². The Morgan fingerprint density at radius 2 is 2.00 bits per heavy atom. The zero-order chi connectivity index (χ0) is 12.9. The molecule has 1 aliphatic heterocycles. The molecule has 0 spiro atoms. The zero-order valence-corrected chi connectivity index (χ0v) is 11.5. The van der Waals surface area contributed by atoms with Gasteiger partial charge in [-0.15, -0.1) is 0 Å². The van der Waals surface area contributed by atoms with Gasteiger partial charge in [0.25, 0.3) is 0 Å². The maximum Gasteiger partial charge on any atom is 0.314 e. The van der Waals surface area contributed by atoms with Gasteiger partial charge in [0.15, 0.2) is 0 Å². The van der Waals surface area contributed by atoms with Crippen molar-refractivity contribution in [1.29, 1.82) is 0 Å². The smallest absolute Gasteiger partial charge is 0.314 e. The molecule has 100 valence electrons. The first-order chi connectivity index (χ1) is 7.90. The molecule has 17 heavy (non-hydrogen) atoms. The van der Waals surface area contributed by atoms with Gasteiger partial charge in [0.05, 0.1) is 12.0 Å². The maximum atomic E-state index is 12.3. The Morgan fingerprint density at radius 3 is 2.59 bits per heavy atom. The summed E-state index contributed by atoms with van der Waals surface area (Å²) < 4.78 is 10.8. The van der Waals surface area contributed by atoms with E-state index in [0.717, 1.165) is 32.4 Å². The molecule has 1 N–H and O–H groups in total. The second-order valence-electron chi connectivity index (χ2n) is 5.82. The summed E-state index contributed by atoms with van der Waals surface area (Å²) in [6.45, 7) is 7.97. The standard InChI is InChI=1S/C13H25NO3/c1-12(2,3)17-11(15)13(10-16-4)6-5-8-14-9-7-13/h14H,5-10H2,1-4H3. The largest absolute Gasteiger partial charge is 0.459 e. The number of carbonyl (C=O) groups is 1. The monoisotopic (exact) mass is 243 g/mol. The van der Waals surface area contributed by atoms with Gasteiger partial charge in [-0.3, -0.25) is 4.79 Å².